The van der Waals surface area contributed by atoms with Gasteiger partial charge in [-0.05, 0) is 36.6 Å². The molecule has 1 saturated heterocycles. The van der Waals surface area contributed by atoms with Crippen LogP contribution in [0.2, 0.25) is 5.02 Å². The van der Waals surface area contributed by atoms with Crippen molar-refractivity contribution in [3.8, 4) is 22.6 Å². The number of amides is 1. The van der Waals surface area contributed by atoms with Crippen LogP contribution in [0, 0.1) is 0 Å². The van der Waals surface area contributed by atoms with E-state index in [4.69, 9.17) is 21.1 Å². The summed E-state index contributed by atoms with van der Waals surface area (Å²) >= 11 is 6.72. The summed E-state index contributed by atoms with van der Waals surface area (Å²) in [7, 11) is 3.24. The minimum Gasteiger partial charge on any atom is -0.496 e. The van der Waals surface area contributed by atoms with Crippen LogP contribution in [0.25, 0.3) is 22.0 Å². The first-order valence-corrected chi connectivity index (χ1v) is 11.2. The van der Waals surface area contributed by atoms with E-state index < -0.39 is 0 Å². The molecule has 0 radical (unpaired) electrons. The van der Waals surface area contributed by atoms with Gasteiger partial charge in [-0.1, -0.05) is 31.2 Å². The number of methoxy groups -OCH3 is 2. The molecule has 1 N–H and O–H groups in total. The molecule has 1 fully saturated rings. The summed E-state index contributed by atoms with van der Waals surface area (Å²) in [5.41, 5.74) is 3.66. The predicted molar refractivity (Wildman–Crippen MR) is 131 cm³/mol. The van der Waals surface area contributed by atoms with Gasteiger partial charge in [0, 0.05) is 47.9 Å². The van der Waals surface area contributed by atoms with E-state index in [1.165, 1.54) is 6.08 Å². The molecule has 7 nitrogen and oxygen atoms in total. The Morgan fingerprint density at radius 2 is 2.09 bits per heavy atom. The van der Waals surface area contributed by atoms with Gasteiger partial charge >= 0.3 is 0 Å². The van der Waals surface area contributed by atoms with Crippen molar-refractivity contribution in [1.29, 1.82) is 0 Å². The average Bonchev–Trinajstić information content (AvgIpc) is 3.31. The fraction of sp³-hybridized carbons (Fsp3) is 0.320. The van der Waals surface area contributed by atoms with Crippen LogP contribution in [0.1, 0.15) is 18.9 Å². The van der Waals surface area contributed by atoms with E-state index in [9.17, 15) is 4.79 Å². The van der Waals surface area contributed by atoms with Crippen LogP contribution in [-0.2, 0) is 11.2 Å². The van der Waals surface area contributed by atoms with Crippen molar-refractivity contribution in [2.45, 2.75) is 25.8 Å². The second kappa shape index (κ2) is 9.67. The van der Waals surface area contributed by atoms with Crippen molar-refractivity contribution in [2.24, 2.45) is 0 Å². The highest BCUT2D eigenvalue weighted by atomic mass is 35.5. The number of nitrogens with zero attached hydrogens (tertiary/aromatic N) is 3. The maximum absolute atomic E-state index is 11.8. The van der Waals surface area contributed by atoms with Crippen LogP contribution in [0.15, 0.2) is 43.1 Å². The number of fused-ring (bicyclic) bond motifs is 1. The molecule has 1 atom stereocenters. The molecule has 1 aromatic heterocycles. The smallest absolute Gasteiger partial charge is 0.246 e. The lowest BCUT2D eigenvalue weighted by atomic mass is 9.95. The van der Waals surface area contributed by atoms with Crippen LogP contribution in [-0.4, -0.2) is 54.1 Å². The predicted octanol–water partition coefficient (Wildman–Crippen LogP) is 4.73. The van der Waals surface area contributed by atoms with Gasteiger partial charge in [-0.25, -0.2) is 9.97 Å². The Morgan fingerprint density at radius 3 is 2.79 bits per heavy atom. The monoisotopic (exact) mass is 466 g/mol. The second-order valence-corrected chi connectivity index (χ2v) is 8.27. The molecule has 0 spiro atoms. The second-order valence-electron chi connectivity index (χ2n) is 7.89. The third kappa shape index (κ3) is 4.46. The van der Waals surface area contributed by atoms with Gasteiger partial charge in [-0.15, -0.1) is 0 Å². The van der Waals surface area contributed by atoms with Crippen LogP contribution < -0.4 is 14.8 Å². The number of rotatable bonds is 7. The quantitative estimate of drug-likeness (QED) is 0.507. The van der Waals surface area contributed by atoms with Gasteiger partial charge in [0.2, 0.25) is 11.9 Å². The number of benzene rings is 2. The molecule has 1 unspecified atom stereocenters. The molecule has 2 heterocycles. The molecular weight excluding hydrogens is 440 g/mol. The number of halogens is 1. The summed E-state index contributed by atoms with van der Waals surface area (Å²) in [5, 5.41) is 4.79. The third-order valence-electron chi connectivity index (χ3n) is 5.97. The molecule has 8 heteroatoms. The number of hydrogen-bond donors (Lipinski definition) is 1. The molecular formula is C25H27ClN4O3. The number of hydrogen-bond acceptors (Lipinski definition) is 6. The third-order valence-corrected chi connectivity index (χ3v) is 6.34. The Bertz CT molecular complexity index is 1210. The SMILES string of the molecule is C=CC(=O)N1CCC(Nc2ncc3cc(-c4c(Cl)c(OC)cc(OC)c4CC)ccc3n2)C1. The molecule has 1 aliphatic heterocycles. The summed E-state index contributed by atoms with van der Waals surface area (Å²) in [4.78, 5) is 22.8. The molecule has 0 aliphatic carbocycles. The highest BCUT2D eigenvalue weighted by Gasteiger charge is 2.25. The Morgan fingerprint density at radius 1 is 1.30 bits per heavy atom. The number of carbonyl (C=O) groups excluding carboxylic acids is 1. The zero-order chi connectivity index (χ0) is 23.5. The van der Waals surface area contributed by atoms with Crippen molar-refractivity contribution >= 4 is 34.4 Å². The van der Waals surface area contributed by atoms with Crippen molar-refractivity contribution < 1.29 is 14.3 Å². The molecule has 0 bridgehead atoms. The van der Waals surface area contributed by atoms with E-state index in [2.05, 4.69) is 28.8 Å². The first kappa shape index (κ1) is 22.9. The van der Waals surface area contributed by atoms with Gasteiger partial charge in [-0.2, -0.15) is 0 Å². The largest absolute Gasteiger partial charge is 0.496 e. The van der Waals surface area contributed by atoms with Crippen LogP contribution in [0.4, 0.5) is 5.95 Å². The van der Waals surface area contributed by atoms with Gasteiger partial charge in [0.05, 0.1) is 24.8 Å². The fourth-order valence-electron chi connectivity index (χ4n) is 4.28. The summed E-state index contributed by atoms with van der Waals surface area (Å²) in [6.45, 7) is 6.93. The van der Waals surface area contributed by atoms with Crippen molar-refractivity contribution in [3.05, 3.63) is 53.7 Å². The minimum atomic E-state index is -0.0504. The Labute approximate surface area is 198 Å². The van der Waals surface area contributed by atoms with E-state index in [0.29, 0.717) is 29.8 Å². The molecule has 1 amide bonds. The van der Waals surface area contributed by atoms with Crippen LogP contribution in [0.3, 0.4) is 0 Å². The van der Waals surface area contributed by atoms with Gasteiger partial charge < -0.3 is 19.7 Å². The molecule has 4 rings (SSSR count). The Balaban J connectivity index is 1.64. The Hall–Kier alpha value is -3.32. The minimum absolute atomic E-state index is 0.0504. The van der Waals surface area contributed by atoms with Crippen molar-refractivity contribution in [3.63, 3.8) is 0 Å². The number of nitrogens with one attached hydrogen (secondary N) is 1. The first-order chi connectivity index (χ1) is 16.0. The molecule has 0 saturated carbocycles. The van der Waals surface area contributed by atoms with E-state index in [0.717, 1.165) is 46.2 Å². The van der Waals surface area contributed by atoms with Gasteiger partial charge in [0.1, 0.15) is 11.5 Å². The highest BCUT2D eigenvalue weighted by molar-refractivity contribution is 6.35. The lowest BCUT2D eigenvalue weighted by Gasteiger charge is -2.18. The molecule has 1 aliphatic rings. The fourth-order valence-corrected chi connectivity index (χ4v) is 4.63. The lowest BCUT2D eigenvalue weighted by Crippen LogP contribution is -2.30. The van der Waals surface area contributed by atoms with Crippen molar-refractivity contribution in [2.75, 3.05) is 32.6 Å². The summed E-state index contributed by atoms with van der Waals surface area (Å²) in [6.07, 6.45) is 4.75. The van der Waals surface area contributed by atoms with Gasteiger partial charge in [0.15, 0.2) is 0 Å². The number of anilines is 1. The topological polar surface area (TPSA) is 76.6 Å². The summed E-state index contributed by atoms with van der Waals surface area (Å²) < 4.78 is 11.1. The maximum atomic E-state index is 11.8. The lowest BCUT2D eigenvalue weighted by molar-refractivity contribution is -0.125. The molecule has 172 valence electrons. The van der Waals surface area contributed by atoms with Gasteiger partial charge in [0.25, 0.3) is 0 Å². The van der Waals surface area contributed by atoms with Crippen LogP contribution >= 0.6 is 11.6 Å². The maximum Gasteiger partial charge on any atom is 0.246 e. The number of carbonyl (C=O) groups is 1. The van der Waals surface area contributed by atoms with E-state index in [1.54, 1.807) is 25.3 Å². The van der Waals surface area contributed by atoms with Gasteiger partial charge in [-0.3, -0.25) is 4.79 Å². The summed E-state index contributed by atoms with van der Waals surface area (Å²) in [5.74, 6) is 1.80. The van der Waals surface area contributed by atoms with E-state index in [1.807, 2.05) is 24.3 Å². The Kier molecular flexibility index (Phi) is 6.70. The first-order valence-electron chi connectivity index (χ1n) is 10.9. The molecule has 2 aromatic carbocycles. The number of aromatic nitrogens is 2. The number of likely N-dealkylation sites (tertiary alicyclic amines) is 1. The molecule has 3 aromatic rings. The van der Waals surface area contributed by atoms with E-state index in [-0.39, 0.29) is 11.9 Å². The van der Waals surface area contributed by atoms with Crippen molar-refractivity contribution in [1.82, 2.24) is 14.9 Å². The zero-order valence-electron chi connectivity index (χ0n) is 19.0. The zero-order valence-corrected chi connectivity index (χ0v) is 19.8. The summed E-state index contributed by atoms with van der Waals surface area (Å²) in [6, 6.07) is 7.92. The van der Waals surface area contributed by atoms with Crippen LogP contribution in [0.5, 0.6) is 11.5 Å². The van der Waals surface area contributed by atoms with E-state index >= 15 is 0 Å². The normalized spacial score (nSPS) is 15.5. The molecule has 33 heavy (non-hydrogen) atoms. The standard InChI is InChI=1S/C25H27ClN4O3/c1-5-18-20(32-3)12-21(33-4)24(26)23(18)15-7-8-19-16(11-15)13-27-25(29-19)28-17-9-10-30(14-17)22(31)6-2/h6-8,11-13,17H,2,5,9-10,14H2,1,3-4H3,(H,27,28,29). The highest BCUT2D eigenvalue weighted by Crippen LogP contribution is 2.43. The average molecular weight is 467 g/mol. The number of ether oxygens (including phenoxy) is 2.